The van der Waals surface area contributed by atoms with Gasteiger partial charge in [0, 0.05) is 16.7 Å². The molecule has 1 spiro atoms. The minimum atomic E-state index is -4.42. The van der Waals surface area contributed by atoms with E-state index in [4.69, 9.17) is 9.47 Å². The number of benzene rings is 1. The zero-order valence-electron chi connectivity index (χ0n) is 15.9. The number of ether oxygens (including phenoxy) is 2. The molecule has 30 heavy (non-hydrogen) atoms. The van der Waals surface area contributed by atoms with Gasteiger partial charge in [-0.25, -0.2) is 4.98 Å². The number of carbonyl (C=O) groups excluding carboxylic acids is 1. The molecule has 1 amide bonds. The summed E-state index contributed by atoms with van der Waals surface area (Å²) >= 11 is 1.21. The predicted octanol–water partition coefficient (Wildman–Crippen LogP) is 4.96. The van der Waals surface area contributed by atoms with Crippen LogP contribution in [0, 0.1) is 5.92 Å². The van der Waals surface area contributed by atoms with Crippen LogP contribution in [-0.2, 0) is 26.2 Å². The maximum atomic E-state index is 12.8. The molecule has 1 saturated heterocycles. The summed E-state index contributed by atoms with van der Waals surface area (Å²) in [6.45, 7) is 0.433. The van der Waals surface area contributed by atoms with Crippen LogP contribution in [0.4, 0.5) is 18.9 Å². The Balaban J connectivity index is 1.39. The summed E-state index contributed by atoms with van der Waals surface area (Å²) in [4.78, 5) is 17.4. The predicted molar refractivity (Wildman–Crippen MR) is 103 cm³/mol. The van der Waals surface area contributed by atoms with E-state index in [9.17, 15) is 18.0 Å². The van der Waals surface area contributed by atoms with Gasteiger partial charge < -0.3 is 14.8 Å². The van der Waals surface area contributed by atoms with Gasteiger partial charge in [-0.1, -0.05) is 24.6 Å². The summed E-state index contributed by atoms with van der Waals surface area (Å²) in [6, 6.07) is 7.67. The van der Waals surface area contributed by atoms with E-state index in [1.165, 1.54) is 30.7 Å². The Kier molecular flexibility index (Phi) is 4.79. The number of pyridine rings is 1. The lowest BCUT2D eigenvalue weighted by Gasteiger charge is -2.37. The minimum Gasteiger partial charge on any atom is -0.338 e. The van der Waals surface area contributed by atoms with E-state index in [-0.39, 0.29) is 12.0 Å². The van der Waals surface area contributed by atoms with Crippen LogP contribution in [0.3, 0.4) is 0 Å². The summed E-state index contributed by atoms with van der Waals surface area (Å²) in [5, 5.41) is 3.25. The lowest BCUT2D eigenvalue weighted by molar-refractivity contribution is -0.281. The van der Waals surface area contributed by atoms with Gasteiger partial charge in [-0.3, -0.25) is 4.79 Å². The molecule has 1 aromatic carbocycles. The van der Waals surface area contributed by atoms with Crippen LogP contribution in [0.15, 0.2) is 46.5 Å². The Morgan fingerprint density at radius 3 is 2.73 bits per heavy atom. The Morgan fingerprint density at radius 1 is 1.20 bits per heavy atom. The maximum Gasteiger partial charge on any atom is 0.417 e. The standard InChI is InChI=1S/C21H19F3N2O3S/c22-21(23,24)13-3-6-18(25-11-13)30-15-4-5-17-16(10-15)20(19(27)26-17)28-8-7-14(29-20)9-12-1-2-12/h3-6,10-12,14H,1-2,7-9H2,(H,26,27)/t14?,20-/m1/s1. The molecule has 0 radical (unpaired) electrons. The van der Waals surface area contributed by atoms with Gasteiger partial charge in [-0.15, -0.1) is 0 Å². The first-order valence-electron chi connectivity index (χ1n) is 9.82. The fraction of sp³-hybridized carbons (Fsp3) is 0.429. The van der Waals surface area contributed by atoms with E-state index in [1.54, 1.807) is 18.2 Å². The van der Waals surface area contributed by atoms with Crippen molar-refractivity contribution in [2.45, 2.75) is 53.7 Å². The molecule has 1 aromatic heterocycles. The second-order valence-electron chi connectivity index (χ2n) is 7.82. The Morgan fingerprint density at radius 2 is 2.03 bits per heavy atom. The number of carbonyl (C=O) groups is 1. The number of fused-ring (bicyclic) bond motifs is 2. The molecule has 2 atom stereocenters. The number of rotatable bonds is 4. The van der Waals surface area contributed by atoms with Crippen molar-refractivity contribution in [3.05, 3.63) is 47.7 Å². The van der Waals surface area contributed by atoms with Gasteiger partial charge in [0.05, 0.1) is 24.0 Å². The molecule has 9 heteroatoms. The van der Waals surface area contributed by atoms with Crippen LogP contribution >= 0.6 is 11.8 Å². The zero-order chi connectivity index (χ0) is 20.9. The Labute approximate surface area is 175 Å². The number of alkyl halides is 3. The molecule has 1 aliphatic carbocycles. The van der Waals surface area contributed by atoms with Gasteiger partial charge in [0.15, 0.2) is 0 Å². The number of nitrogens with zero attached hydrogens (tertiary/aromatic N) is 1. The molecule has 3 heterocycles. The average Bonchev–Trinajstić information content (AvgIpc) is 3.48. The van der Waals surface area contributed by atoms with Gasteiger partial charge in [-0.2, -0.15) is 13.2 Å². The second kappa shape index (κ2) is 7.25. The van der Waals surface area contributed by atoms with Gasteiger partial charge in [-0.05, 0) is 49.1 Å². The van der Waals surface area contributed by atoms with Crippen LogP contribution < -0.4 is 5.32 Å². The number of halogens is 3. The quantitative estimate of drug-likeness (QED) is 0.734. The van der Waals surface area contributed by atoms with E-state index in [0.717, 1.165) is 30.0 Å². The summed E-state index contributed by atoms with van der Waals surface area (Å²) in [5.41, 5.74) is 0.432. The molecule has 1 N–H and O–H groups in total. The Hall–Kier alpha value is -2.10. The average molecular weight is 436 g/mol. The highest BCUT2D eigenvalue weighted by atomic mass is 32.2. The number of aromatic nitrogens is 1. The first-order chi connectivity index (χ1) is 14.3. The minimum absolute atomic E-state index is 0.0316. The van der Waals surface area contributed by atoms with Crippen LogP contribution in [0.5, 0.6) is 0 Å². The fourth-order valence-electron chi connectivity index (χ4n) is 3.84. The summed E-state index contributed by atoms with van der Waals surface area (Å²) in [7, 11) is 0. The molecule has 2 fully saturated rings. The van der Waals surface area contributed by atoms with Crippen LogP contribution in [0.1, 0.15) is 36.8 Å². The van der Waals surface area contributed by atoms with E-state index in [0.29, 0.717) is 28.8 Å². The molecule has 0 bridgehead atoms. The van der Waals surface area contributed by atoms with Gasteiger partial charge >= 0.3 is 6.18 Å². The highest BCUT2D eigenvalue weighted by molar-refractivity contribution is 7.99. The van der Waals surface area contributed by atoms with Crippen molar-refractivity contribution in [1.82, 2.24) is 4.98 Å². The lowest BCUT2D eigenvalue weighted by atomic mass is 10.0. The van der Waals surface area contributed by atoms with Crippen molar-refractivity contribution in [2.75, 3.05) is 11.9 Å². The zero-order valence-corrected chi connectivity index (χ0v) is 16.7. The third kappa shape index (κ3) is 3.70. The fourth-order valence-corrected chi connectivity index (χ4v) is 4.63. The maximum absolute atomic E-state index is 12.8. The molecule has 2 aromatic rings. The third-order valence-electron chi connectivity index (χ3n) is 5.55. The largest absolute Gasteiger partial charge is 0.417 e. The molecule has 158 valence electrons. The van der Waals surface area contributed by atoms with E-state index in [1.807, 2.05) is 0 Å². The van der Waals surface area contributed by atoms with Crippen molar-refractivity contribution in [3.8, 4) is 0 Å². The number of anilines is 1. The molecule has 5 nitrogen and oxygen atoms in total. The summed E-state index contributed by atoms with van der Waals surface area (Å²) in [5.74, 6) is -1.13. The van der Waals surface area contributed by atoms with Gasteiger partial charge in [0.25, 0.3) is 11.7 Å². The van der Waals surface area contributed by atoms with Crippen molar-refractivity contribution in [2.24, 2.45) is 5.92 Å². The van der Waals surface area contributed by atoms with E-state index >= 15 is 0 Å². The smallest absolute Gasteiger partial charge is 0.338 e. The SMILES string of the molecule is O=C1Nc2ccc(Sc3ccc(C(F)(F)F)cn3)cc2[C@]12OCCC(CC1CC1)O2. The third-order valence-corrected chi connectivity index (χ3v) is 6.49. The molecule has 2 aliphatic heterocycles. The van der Waals surface area contributed by atoms with Crippen LogP contribution in [0.25, 0.3) is 0 Å². The first kappa shape index (κ1) is 19.8. The molecular formula is C21H19F3N2O3S. The lowest BCUT2D eigenvalue weighted by Crippen LogP contribution is -2.47. The van der Waals surface area contributed by atoms with Crippen molar-refractivity contribution >= 4 is 23.4 Å². The van der Waals surface area contributed by atoms with E-state index in [2.05, 4.69) is 10.3 Å². The number of hydrogen-bond donors (Lipinski definition) is 1. The second-order valence-corrected chi connectivity index (χ2v) is 8.91. The summed E-state index contributed by atoms with van der Waals surface area (Å²) in [6.07, 6.45) is 0.459. The molecule has 5 rings (SSSR count). The molecule has 1 unspecified atom stereocenters. The van der Waals surface area contributed by atoms with Crippen LogP contribution in [-0.4, -0.2) is 23.6 Å². The molecular weight excluding hydrogens is 417 g/mol. The highest BCUT2D eigenvalue weighted by Gasteiger charge is 2.53. The van der Waals surface area contributed by atoms with Crippen molar-refractivity contribution < 1.29 is 27.4 Å². The van der Waals surface area contributed by atoms with E-state index < -0.39 is 17.5 Å². The number of nitrogens with one attached hydrogen (secondary N) is 1. The molecule has 3 aliphatic rings. The Bertz CT molecular complexity index is 978. The van der Waals surface area contributed by atoms with Gasteiger partial charge in [0.2, 0.25) is 0 Å². The number of hydrogen-bond acceptors (Lipinski definition) is 5. The van der Waals surface area contributed by atoms with Crippen molar-refractivity contribution in [1.29, 1.82) is 0 Å². The topological polar surface area (TPSA) is 60.5 Å². The van der Waals surface area contributed by atoms with Crippen molar-refractivity contribution in [3.63, 3.8) is 0 Å². The molecule has 1 saturated carbocycles. The summed E-state index contributed by atoms with van der Waals surface area (Å²) < 4.78 is 50.3. The van der Waals surface area contributed by atoms with Crippen LogP contribution in [0.2, 0.25) is 0 Å². The number of amides is 1. The van der Waals surface area contributed by atoms with Gasteiger partial charge in [0.1, 0.15) is 5.03 Å². The normalized spacial score (nSPS) is 26.0. The monoisotopic (exact) mass is 436 g/mol. The highest BCUT2D eigenvalue weighted by Crippen LogP contribution is 2.47. The first-order valence-corrected chi connectivity index (χ1v) is 10.6.